The molecule has 1 aliphatic heterocycles. The van der Waals surface area contributed by atoms with Crippen LogP contribution in [0.3, 0.4) is 0 Å². The summed E-state index contributed by atoms with van der Waals surface area (Å²) in [5.74, 6) is 0.394. The molecule has 150 valence electrons. The van der Waals surface area contributed by atoms with Crippen molar-refractivity contribution in [2.24, 2.45) is 5.92 Å². The number of nitrogens with zero attached hydrogens (tertiary/aromatic N) is 3. The van der Waals surface area contributed by atoms with Gasteiger partial charge in [0, 0.05) is 25.8 Å². The average molecular weight is 390 g/mol. The van der Waals surface area contributed by atoms with Crippen molar-refractivity contribution < 1.29 is 9.59 Å². The lowest BCUT2D eigenvalue weighted by molar-refractivity contribution is 0.0670. The summed E-state index contributed by atoms with van der Waals surface area (Å²) in [6, 6.07) is 13.5. The third-order valence-corrected chi connectivity index (χ3v) is 5.60. The van der Waals surface area contributed by atoms with E-state index in [4.69, 9.17) is 0 Å². The number of aromatic nitrogens is 2. The van der Waals surface area contributed by atoms with Crippen LogP contribution < -0.4 is 5.32 Å². The predicted molar refractivity (Wildman–Crippen MR) is 112 cm³/mol. The van der Waals surface area contributed by atoms with Crippen molar-refractivity contribution in [3.05, 3.63) is 71.3 Å². The van der Waals surface area contributed by atoms with Gasteiger partial charge in [-0.2, -0.15) is 0 Å². The molecule has 1 saturated heterocycles. The van der Waals surface area contributed by atoms with E-state index in [2.05, 4.69) is 17.2 Å². The van der Waals surface area contributed by atoms with E-state index < -0.39 is 0 Å². The zero-order valence-electron chi connectivity index (χ0n) is 16.9. The molecular weight excluding hydrogens is 364 g/mol. The second-order valence-electron chi connectivity index (χ2n) is 7.85. The molecule has 0 aliphatic carbocycles. The highest BCUT2D eigenvalue weighted by Gasteiger charge is 2.27. The molecule has 0 spiro atoms. The molecule has 0 bridgehead atoms. The summed E-state index contributed by atoms with van der Waals surface area (Å²) in [6.07, 6.45) is 3.93. The minimum atomic E-state index is -0.275. The van der Waals surface area contributed by atoms with Crippen molar-refractivity contribution in [3.8, 4) is 0 Å². The Bertz CT molecular complexity index is 1060. The first-order valence-electron chi connectivity index (χ1n) is 10.1. The number of likely N-dealkylation sites (tertiary alicyclic amines) is 1. The summed E-state index contributed by atoms with van der Waals surface area (Å²) in [5, 5.41) is 2.95. The third-order valence-electron chi connectivity index (χ3n) is 5.60. The van der Waals surface area contributed by atoms with E-state index in [1.54, 1.807) is 10.6 Å². The van der Waals surface area contributed by atoms with Gasteiger partial charge in [0.15, 0.2) is 5.69 Å². The molecule has 1 N–H and O–H groups in total. The number of amides is 2. The van der Waals surface area contributed by atoms with Crippen molar-refractivity contribution in [3.63, 3.8) is 0 Å². The molecule has 2 aromatic heterocycles. The summed E-state index contributed by atoms with van der Waals surface area (Å²) in [7, 11) is 0. The quantitative estimate of drug-likeness (QED) is 0.742. The first-order chi connectivity index (χ1) is 14.0. The van der Waals surface area contributed by atoms with Crippen LogP contribution in [0.2, 0.25) is 0 Å². The number of fused-ring (bicyclic) bond motifs is 1. The van der Waals surface area contributed by atoms with Gasteiger partial charge in [-0.05, 0) is 48.9 Å². The fourth-order valence-corrected chi connectivity index (χ4v) is 3.94. The number of rotatable bonds is 4. The van der Waals surface area contributed by atoms with Gasteiger partial charge in [-0.25, -0.2) is 4.98 Å². The molecule has 1 aliphatic rings. The predicted octanol–water partition coefficient (Wildman–Crippen LogP) is 3.44. The van der Waals surface area contributed by atoms with Crippen LogP contribution in [-0.4, -0.2) is 39.2 Å². The highest BCUT2D eigenvalue weighted by molar-refractivity contribution is 6.02. The molecule has 6 heteroatoms. The number of benzene rings is 1. The van der Waals surface area contributed by atoms with Crippen molar-refractivity contribution >= 4 is 17.3 Å². The van der Waals surface area contributed by atoms with Gasteiger partial charge in [0.2, 0.25) is 5.82 Å². The van der Waals surface area contributed by atoms with E-state index in [9.17, 15) is 9.59 Å². The second kappa shape index (κ2) is 8.07. The van der Waals surface area contributed by atoms with E-state index >= 15 is 0 Å². The molecule has 6 nitrogen and oxygen atoms in total. The normalized spacial score (nSPS) is 16.8. The Balaban J connectivity index is 1.61. The summed E-state index contributed by atoms with van der Waals surface area (Å²) in [4.78, 5) is 32.4. The fraction of sp³-hybridized carbons (Fsp3) is 0.348. The summed E-state index contributed by atoms with van der Waals surface area (Å²) in [5.41, 5.74) is 3.11. The van der Waals surface area contributed by atoms with Crippen molar-refractivity contribution in [1.29, 1.82) is 0 Å². The number of hydrogen-bond donors (Lipinski definition) is 1. The molecule has 1 atom stereocenters. The van der Waals surface area contributed by atoms with Gasteiger partial charge >= 0.3 is 0 Å². The van der Waals surface area contributed by atoms with Crippen LogP contribution in [-0.2, 0) is 6.54 Å². The van der Waals surface area contributed by atoms with Crippen LogP contribution in [0.15, 0.2) is 48.7 Å². The minimum Gasteiger partial charge on any atom is -0.347 e. The lowest BCUT2D eigenvalue weighted by atomic mass is 10.0. The van der Waals surface area contributed by atoms with Crippen LogP contribution in [0.4, 0.5) is 0 Å². The van der Waals surface area contributed by atoms with Gasteiger partial charge < -0.3 is 10.2 Å². The Morgan fingerprint density at radius 3 is 2.76 bits per heavy atom. The molecule has 3 aromatic rings. The number of pyridine rings is 1. The minimum absolute atomic E-state index is 0.115. The van der Waals surface area contributed by atoms with Crippen molar-refractivity contribution in [1.82, 2.24) is 19.6 Å². The Labute approximate surface area is 170 Å². The fourth-order valence-electron chi connectivity index (χ4n) is 3.94. The van der Waals surface area contributed by atoms with Crippen LogP contribution in [0, 0.1) is 12.8 Å². The van der Waals surface area contributed by atoms with Crippen molar-refractivity contribution in [2.45, 2.75) is 33.2 Å². The smallest absolute Gasteiger partial charge is 0.290 e. The lowest BCUT2D eigenvalue weighted by Gasteiger charge is -2.30. The maximum absolute atomic E-state index is 13.1. The molecule has 29 heavy (non-hydrogen) atoms. The van der Waals surface area contributed by atoms with E-state index in [0.29, 0.717) is 23.8 Å². The van der Waals surface area contributed by atoms with E-state index in [1.165, 1.54) is 0 Å². The van der Waals surface area contributed by atoms with Gasteiger partial charge in [-0.1, -0.05) is 37.3 Å². The molecule has 1 aromatic carbocycles. The number of hydrogen-bond acceptors (Lipinski definition) is 3. The van der Waals surface area contributed by atoms with E-state index in [1.807, 2.05) is 54.3 Å². The standard InChI is InChI=1S/C23H26N4O2/c1-16-8-7-12-26(15-16)23(29)21-25-20(19-11-5-6-13-27(19)21)22(28)24-14-18-10-4-3-9-17(18)2/h3-6,9-11,13,16H,7-8,12,14-15H2,1-2H3,(H,24,28). The van der Waals surface area contributed by atoms with Gasteiger partial charge in [-0.3, -0.25) is 14.0 Å². The van der Waals surface area contributed by atoms with Crippen molar-refractivity contribution in [2.75, 3.05) is 13.1 Å². The molecule has 3 heterocycles. The molecule has 1 fully saturated rings. The maximum atomic E-state index is 13.1. The second-order valence-corrected chi connectivity index (χ2v) is 7.85. The first-order valence-corrected chi connectivity index (χ1v) is 10.1. The van der Waals surface area contributed by atoms with Crippen LogP contribution in [0.5, 0.6) is 0 Å². The number of imidazole rings is 1. The van der Waals surface area contributed by atoms with Gasteiger partial charge in [0.05, 0.1) is 5.52 Å². The van der Waals surface area contributed by atoms with Crippen LogP contribution in [0.25, 0.3) is 5.52 Å². The Kier molecular flexibility index (Phi) is 5.34. The highest BCUT2D eigenvalue weighted by Crippen LogP contribution is 2.20. The van der Waals surface area contributed by atoms with E-state index in [-0.39, 0.29) is 17.5 Å². The molecular formula is C23H26N4O2. The maximum Gasteiger partial charge on any atom is 0.290 e. The summed E-state index contributed by atoms with van der Waals surface area (Å²) in [6.45, 7) is 6.07. The van der Waals surface area contributed by atoms with Gasteiger partial charge in [0.1, 0.15) is 0 Å². The average Bonchev–Trinajstić information content (AvgIpc) is 3.12. The molecule has 2 amide bonds. The lowest BCUT2D eigenvalue weighted by Crippen LogP contribution is -2.40. The zero-order valence-corrected chi connectivity index (χ0v) is 16.9. The van der Waals surface area contributed by atoms with Gasteiger partial charge in [0.25, 0.3) is 11.8 Å². The first kappa shape index (κ1) is 19.2. The third kappa shape index (κ3) is 3.88. The number of piperidine rings is 1. The van der Waals surface area contributed by atoms with E-state index in [0.717, 1.165) is 37.1 Å². The highest BCUT2D eigenvalue weighted by atomic mass is 16.2. The largest absolute Gasteiger partial charge is 0.347 e. The zero-order chi connectivity index (χ0) is 20.4. The SMILES string of the molecule is Cc1ccccc1CNC(=O)c1nc(C(=O)N2CCCC(C)C2)n2ccccc12. The monoisotopic (exact) mass is 390 g/mol. The molecule has 0 radical (unpaired) electrons. The number of aryl methyl sites for hydroxylation is 1. The number of carbonyl (C=O) groups is 2. The Hall–Kier alpha value is -3.15. The Morgan fingerprint density at radius 1 is 1.17 bits per heavy atom. The van der Waals surface area contributed by atoms with Crippen LogP contribution in [0.1, 0.15) is 52.0 Å². The molecule has 1 unspecified atom stereocenters. The molecule has 4 rings (SSSR count). The summed E-state index contributed by atoms with van der Waals surface area (Å²) >= 11 is 0. The summed E-state index contributed by atoms with van der Waals surface area (Å²) < 4.78 is 1.73. The topological polar surface area (TPSA) is 66.7 Å². The molecule has 0 saturated carbocycles. The van der Waals surface area contributed by atoms with Gasteiger partial charge in [-0.15, -0.1) is 0 Å². The number of nitrogens with one attached hydrogen (secondary N) is 1. The number of carbonyl (C=O) groups excluding carboxylic acids is 2. The Morgan fingerprint density at radius 2 is 1.97 bits per heavy atom. The van der Waals surface area contributed by atoms with Crippen LogP contribution >= 0.6 is 0 Å².